The maximum atomic E-state index is 11.7. The van der Waals surface area contributed by atoms with E-state index >= 15 is 0 Å². The summed E-state index contributed by atoms with van der Waals surface area (Å²) in [5.41, 5.74) is 5.29. The second kappa shape index (κ2) is 6.86. The van der Waals surface area contributed by atoms with Gasteiger partial charge in [0.05, 0.1) is 6.61 Å². The fourth-order valence-corrected chi connectivity index (χ4v) is 2.15. The van der Waals surface area contributed by atoms with Gasteiger partial charge in [0.1, 0.15) is 6.61 Å². The van der Waals surface area contributed by atoms with Crippen LogP contribution in [0.1, 0.15) is 26.7 Å². The fourth-order valence-electron chi connectivity index (χ4n) is 2.15. The number of rotatable bonds is 5. The molecule has 0 aromatic carbocycles. The Bertz CT molecular complexity index is 211. The third-order valence-corrected chi connectivity index (χ3v) is 3.32. The molecular formula is C12H24N2O2. The Labute approximate surface area is 98.1 Å². The van der Waals surface area contributed by atoms with Crippen LogP contribution in [0, 0.1) is 11.8 Å². The zero-order chi connectivity index (χ0) is 12.0. The van der Waals surface area contributed by atoms with Gasteiger partial charge >= 0.3 is 0 Å². The highest BCUT2D eigenvalue weighted by Crippen LogP contribution is 2.24. The van der Waals surface area contributed by atoms with Crippen molar-refractivity contribution in [3.63, 3.8) is 0 Å². The first kappa shape index (κ1) is 13.5. The van der Waals surface area contributed by atoms with Gasteiger partial charge in [-0.2, -0.15) is 0 Å². The fraction of sp³-hybridized carbons (Fsp3) is 0.917. The van der Waals surface area contributed by atoms with Crippen LogP contribution in [0.4, 0.5) is 0 Å². The summed E-state index contributed by atoms with van der Waals surface area (Å²) in [6.07, 6.45) is 2.25. The minimum atomic E-state index is 0.107. The molecule has 4 nitrogen and oxygen atoms in total. The largest absolute Gasteiger partial charge is 0.370 e. The Morgan fingerprint density at radius 2 is 2.06 bits per heavy atom. The van der Waals surface area contributed by atoms with E-state index in [0.717, 1.165) is 37.8 Å². The molecule has 0 saturated carbocycles. The van der Waals surface area contributed by atoms with Gasteiger partial charge in [-0.1, -0.05) is 13.8 Å². The molecule has 0 unspecified atom stereocenters. The van der Waals surface area contributed by atoms with E-state index in [1.54, 1.807) is 0 Å². The van der Waals surface area contributed by atoms with Crippen LogP contribution in [0.25, 0.3) is 0 Å². The summed E-state index contributed by atoms with van der Waals surface area (Å²) in [5.74, 6) is 1.61. The van der Waals surface area contributed by atoms with Crippen molar-refractivity contribution >= 4 is 5.91 Å². The number of piperidine rings is 1. The SMILES string of the molecule is CC(C)C1CCN(C(=O)COCCN)CC1. The molecule has 1 heterocycles. The number of hydrogen-bond acceptors (Lipinski definition) is 3. The van der Waals surface area contributed by atoms with Crippen LogP contribution in [0.3, 0.4) is 0 Å². The first-order valence-electron chi connectivity index (χ1n) is 6.20. The van der Waals surface area contributed by atoms with Gasteiger partial charge in [-0.15, -0.1) is 0 Å². The Kier molecular flexibility index (Phi) is 5.77. The number of hydrogen-bond donors (Lipinski definition) is 1. The van der Waals surface area contributed by atoms with E-state index in [4.69, 9.17) is 10.5 Å². The average Bonchev–Trinajstić information content (AvgIpc) is 2.29. The molecule has 0 aromatic rings. The van der Waals surface area contributed by atoms with Crippen molar-refractivity contribution in [1.82, 2.24) is 4.90 Å². The number of carbonyl (C=O) groups excluding carboxylic acids is 1. The Morgan fingerprint density at radius 1 is 1.44 bits per heavy atom. The van der Waals surface area contributed by atoms with Crippen LogP contribution in [0.15, 0.2) is 0 Å². The number of ether oxygens (including phenoxy) is 1. The number of likely N-dealkylation sites (tertiary alicyclic amines) is 1. The van der Waals surface area contributed by atoms with Gasteiger partial charge in [0, 0.05) is 19.6 Å². The van der Waals surface area contributed by atoms with Crippen molar-refractivity contribution < 1.29 is 9.53 Å². The Balaban J connectivity index is 2.22. The van der Waals surface area contributed by atoms with Crippen molar-refractivity contribution in [2.45, 2.75) is 26.7 Å². The predicted octanol–water partition coefficient (Wildman–Crippen LogP) is 0.856. The van der Waals surface area contributed by atoms with Crippen LogP contribution in [-0.2, 0) is 9.53 Å². The zero-order valence-corrected chi connectivity index (χ0v) is 10.4. The molecule has 0 bridgehead atoms. The molecule has 1 fully saturated rings. The highest BCUT2D eigenvalue weighted by molar-refractivity contribution is 5.77. The molecular weight excluding hydrogens is 204 g/mol. The number of nitrogens with zero attached hydrogens (tertiary/aromatic N) is 1. The summed E-state index contributed by atoms with van der Waals surface area (Å²) in [6, 6.07) is 0. The van der Waals surface area contributed by atoms with E-state index in [-0.39, 0.29) is 12.5 Å². The molecule has 1 saturated heterocycles. The van der Waals surface area contributed by atoms with Crippen LogP contribution in [0.5, 0.6) is 0 Å². The topological polar surface area (TPSA) is 55.6 Å². The van der Waals surface area contributed by atoms with Crippen molar-refractivity contribution in [2.24, 2.45) is 17.6 Å². The van der Waals surface area contributed by atoms with E-state index in [1.165, 1.54) is 0 Å². The molecule has 94 valence electrons. The summed E-state index contributed by atoms with van der Waals surface area (Å²) >= 11 is 0. The lowest BCUT2D eigenvalue weighted by atomic mass is 9.87. The van der Waals surface area contributed by atoms with Gasteiger partial charge in [-0.3, -0.25) is 4.79 Å². The van der Waals surface area contributed by atoms with Gasteiger partial charge in [0.2, 0.25) is 5.91 Å². The molecule has 0 aliphatic carbocycles. The first-order valence-corrected chi connectivity index (χ1v) is 6.20. The van der Waals surface area contributed by atoms with Crippen molar-refractivity contribution in [1.29, 1.82) is 0 Å². The summed E-state index contributed by atoms with van der Waals surface area (Å²) in [4.78, 5) is 13.6. The summed E-state index contributed by atoms with van der Waals surface area (Å²) in [5, 5.41) is 0. The van der Waals surface area contributed by atoms with Gasteiger partial charge in [-0.05, 0) is 24.7 Å². The van der Waals surface area contributed by atoms with Gasteiger partial charge in [0.25, 0.3) is 0 Å². The zero-order valence-electron chi connectivity index (χ0n) is 10.4. The monoisotopic (exact) mass is 228 g/mol. The number of amides is 1. The molecule has 1 aliphatic rings. The first-order chi connectivity index (χ1) is 7.65. The third-order valence-electron chi connectivity index (χ3n) is 3.32. The maximum absolute atomic E-state index is 11.7. The second-order valence-electron chi connectivity index (χ2n) is 4.80. The number of nitrogens with two attached hydrogens (primary N) is 1. The second-order valence-corrected chi connectivity index (χ2v) is 4.80. The lowest BCUT2D eigenvalue weighted by Gasteiger charge is -2.33. The standard InChI is InChI=1S/C12H24N2O2/c1-10(2)11-3-6-14(7-4-11)12(15)9-16-8-5-13/h10-11H,3-9,13H2,1-2H3. The third kappa shape index (κ3) is 4.10. The number of carbonyl (C=O) groups is 1. The molecule has 2 N–H and O–H groups in total. The minimum Gasteiger partial charge on any atom is -0.370 e. The van der Waals surface area contributed by atoms with Crippen molar-refractivity contribution in [3.05, 3.63) is 0 Å². The molecule has 1 aliphatic heterocycles. The lowest BCUT2D eigenvalue weighted by molar-refractivity contribution is -0.137. The van der Waals surface area contributed by atoms with E-state index in [0.29, 0.717) is 13.2 Å². The van der Waals surface area contributed by atoms with Crippen LogP contribution < -0.4 is 5.73 Å². The average molecular weight is 228 g/mol. The molecule has 0 radical (unpaired) electrons. The molecule has 4 heteroatoms. The van der Waals surface area contributed by atoms with Gasteiger partial charge in [0.15, 0.2) is 0 Å². The highest BCUT2D eigenvalue weighted by atomic mass is 16.5. The Hall–Kier alpha value is -0.610. The van der Waals surface area contributed by atoms with Crippen molar-refractivity contribution in [2.75, 3.05) is 32.8 Å². The summed E-state index contributed by atoms with van der Waals surface area (Å²) < 4.78 is 5.16. The predicted molar refractivity (Wildman–Crippen MR) is 64.0 cm³/mol. The summed E-state index contributed by atoms with van der Waals surface area (Å²) in [7, 11) is 0. The molecule has 0 atom stereocenters. The lowest BCUT2D eigenvalue weighted by Crippen LogP contribution is -2.41. The van der Waals surface area contributed by atoms with E-state index < -0.39 is 0 Å². The molecule has 16 heavy (non-hydrogen) atoms. The summed E-state index contributed by atoms with van der Waals surface area (Å²) in [6.45, 7) is 7.40. The molecule has 0 spiro atoms. The van der Waals surface area contributed by atoms with Gasteiger partial charge < -0.3 is 15.4 Å². The molecule has 1 rings (SSSR count). The normalized spacial score (nSPS) is 18.1. The van der Waals surface area contributed by atoms with E-state index in [1.807, 2.05) is 4.90 Å². The van der Waals surface area contributed by atoms with E-state index in [9.17, 15) is 4.79 Å². The molecule has 1 amide bonds. The van der Waals surface area contributed by atoms with E-state index in [2.05, 4.69) is 13.8 Å². The quantitative estimate of drug-likeness (QED) is 0.710. The Morgan fingerprint density at radius 3 is 2.56 bits per heavy atom. The highest BCUT2D eigenvalue weighted by Gasteiger charge is 2.24. The van der Waals surface area contributed by atoms with Crippen LogP contribution in [0.2, 0.25) is 0 Å². The van der Waals surface area contributed by atoms with Crippen LogP contribution >= 0.6 is 0 Å². The van der Waals surface area contributed by atoms with Gasteiger partial charge in [-0.25, -0.2) is 0 Å². The van der Waals surface area contributed by atoms with Crippen LogP contribution in [-0.4, -0.2) is 43.7 Å². The maximum Gasteiger partial charge on any atom is 0.248 e. The minimum absolute atomic E-state index is 0.107. The molecule has 0 aromatic heterocycles. The smallest absolute Gasteiger partial charge is 0.248 e. The van der Waals surface area contributed by atoms with Crippen molar-refractivity contribution in [3.8, 4) is 0 Å².